The van der Waals surface area contributed by atoms with E-state index >= 15 is 0 Å². The standard InChI is InChI=1S/C17H16ClN3O3/c1-17(13-7-9-14(10-8-13)21(23)24)19-15(18)16(22)20(17)11-12-5-3-2-4-6-12/h2-10,19,22H,11H2,1H3. The van der Waals surface area contributed by atoms with E-state index in [9.17, 15) is 15.2 Å². The molecule has 0 radical (unpaired) electrons. The molecule has 0 amide bonds. The molecule has 24 heavy (non-hydrogen) atoms. The zero-order valence-corrected chi connectivity index (χ0v) is 13.7. The minimum atomic E-state index is -0.813. The number of hydrogen-bond acceptors (Lipinski definition) is 5. The number of non-ortho nitro benzene ring substituents is 1. The van der Waals surface area contributed by atoms with Gasteiger partial charge in [0.1, 0.15) is 5.66 Å². The number of benzene rings is 2. The molecule has 6 nitrogen and oxygen atoms in total. The molecule has 0 saturated heterocycles. The Labute approximate surface area is 144 Å². The first-order chi connectivity index (χ1) is 11.4. The van der Waals surface area contributed by atoms with E-state index in [0.29, 0.717) is 6.54 Å². The molecule has 0 aliphatic carbocycles. The van der Waals surface area contributed by atoms with Crippen molar-refractivity contribution < 1.29 is 10.0 Å². The molecule has 0 aromatic heterocycles. The van der Waals surface area contributed by atoms with Crippen molar-refractivity contribution in [3.8, 4) is 0 Å². The number of nitro groups is 1. The molecule has 0 saturated carbocycles. The van der Waals surface area contributed by atoms with Crippen molar-refractivity contribution >= 4 is 17.3 Å². The molecule has 2 aromatic rings. The van der Waals surface area contributed by atoms with Crippen LogP contribution in [0.15, 0.2) is 65.6 Å². The highest BCUT2D eigenvalue weighted by molar-refractivity contribution is 6.29. The van der Waals surface area contributed by atoms with Crippen molar-refractivity contribution in [1.29, 1.82) is 0 Å². The molecule has 1 heterocycles. The van der Waals surface area contributed by atoms with Gasteiger partial charge in [0.25, 0.3) is 5.69 Å². The number of aliphatic hydroxyl groups excluding tert-OH is 1. The third-order valence-corrected chi connectivity index (χ3v) is 4.43. The molecule has 0 fully saturated rings. The Morgan fingerprint density at radius 3 is 2.42 bits per heavy atom. The van der Waals surface area contributed by atoms with Crippen LogP contribution in [0.4, 0.5) is 5.69 Å². The summed E-state index contributed by atoms with van der Waals surface area (Å²) >= 11 is 6.11. The van der Waals surface area contributed by atoms with Gasteiger partial charge in [-0.3, -0.25) is 10.1 Å². The molecule has 1 unspecified atom stereocenters. The second kappa shape index (κ2) is 6.05. The maximum absolute atomic E-state index is 10.8. The second-order valence-corrected chi connectivity index (χ2v) is 6.09. The third kappa shape index (κ3) is 2.76. The van der Waals surface area contributed by atoms with Gasteiger partial charge >= 0.3 is 0 Å². The van der Waals surface area contributed by atoms with Gasteiger partial charge in [-0.1, -0.05) is 41.9 Å². The fourth-order valence-electron chi connectivity index (χ4n) is 2.80. The van der Waals surface area contributed by atoms with Crippen LogP contribution in [0.3, 0.4) is 0 Å². The van der Waals surface area contributed by atoms with Gasteiger partial charge in [0.15, 0.2) is 5.16 Å². The van der Waals surface area contributed by atoms with E-state index in [1.807, 2.05) is 37.3 Å². The molecule has 1 aliphatic rings. The van der Waals surface area contributed by atoms with Crippen LogP contribution in [0, 0.1) is 10.1 Å². The van der Waals surface area contributed by atoms with Crippen molar-refractivity contribution in [2.24, 2.45) is 0 Å². The summed E-state index contributed by atoms with van der Waals surface area (Å²) in [6.45, 7) is 2.30. The first-order valence-corrected chi connectivity index (χ1v) is 7.73. The second-order valence-electron chi connectivity index (χ2n) is 5.71. The minimum Gasteiger partial charge on any atom is -0.492 e. The van der Waals surface area contributed by atoms with E-state index in [1.54, 1.807) is 17.0 Å². The summed E-state index contributed by atoms with van der Waals surface area (Å²) in [5.41, 5.74) is 0.960. The molecule has 124 valence electrons. The summed E-state index contributed by atoms with van der Waals surface area (Å²) in [5, 5.41) is 24.4. The van der Waals surface area contributed by atoms with Gasteiger partial charge in [0.05, 0.1) is 4.92 Å². The lowest BCUT2D eigenvalue weighted by atomic mass is 9.99. The number of rotatable bonds is 4. The van der Waals surface area contributed by atoms with Crippen molar-refractivity contribution in [3.05, 3.63) is 86.9 Å². The van der Waals surface area contributed by atoms with Gasteiger partial charge in [-0.25, -0.2) is 0 Å². The number of nitro benzene ring substituents is 1. The fourth-order valence-corrected chi connectivity index (χ4v) is 3.09. The number of nitrogens with one attached hydrogen (secondary N) is 1. The third-order valence-electron chi connectivity index (χ3n) is 4.17. The van der Waals surface area contributed by atoms with Crippen LogP contribution >= 0.6 is 11.6 Å². The van der Waals surface area contributed by atoms with Gasteiger partial charge in [-0.2, -0.15) is 0 Å². The Morgan fingerprint density at radius 2 is 1.83 bits per heavy atom. The molecular formula is C17H16ClN3O3. The highest BCUT2D eigenvalue weighted by Gasteiger charge is 2.42. The van der Waals surface area contributed by atoms with Gasteiger partial charge in [0.2, 0.25) is 5.88 Å². The van der Waals surface area contributed by atoms with E-state index in [4.69, 9.17) is 11.6 Å². The smallest absolute Gasteiger partial charge is 0.269 e. The van der Waals surface area contributed by atoms with Gasteiger partial charge < -0.3 is 15.3 Å². The molecule has 0 spiro atoms. The Balaban J connectivity index is 1.96. The van der Waals surface area contributed by atoms with Crippen molar-refractivity contribution in [2.45, 2.75) is 19.1 Å². The average molecular weight is 346 g/mol. The monoisotopic (exact) mass is 345 g/mol. The molecule has 7 heteroatoms. The number of halogens is 1. The van der Waals surface area contributed by atoms with Crippen LogP contribution in [0.5, 0.6) is 0 Å². The lowest BCUT2D eigenvalue weighted by Crippen LogP contribution is -2.46. The normalized spacial score (nSPS) is 20.2. The zero-order chi connectivity index (χ0) is 17.3. The van der Waals surface area contributed by atoms with E-state index in [-0.39, 0.29) is 16.7 Å². The van der Waals surface area contributed by atoms with Gasteiger partial charge in [-0.15, -0.1) is 0 Å². The lowest BCUT2D eigenvalue weighted by Gasteiger charge is -2.37. The molecule has 3 rings (SSSR count). The van der Waals surface area contributed by atoms with Gasteiger partial charge in [-0.05, 0) is 30.2 Å². The molecule has 0 bridgehead atoms. The Morgan fingerprint density at radius 1 is 1.21 bits per heavy atom. The molecule has 1 atom stereocenters. The van der Waals surface area contributed by atoms with Crippen LogP contribution < -0.4 is 5.32 Å². The Bertz CT molecular complexity index is 792. The van der Waals surface area contributed by atoms with Crippen molar-refractivity contribution in [3.63, 3.8) is 0 Å². The summed E-state index contributed by atoms with van der Waals surface area (Å²) in [7, 11) is 0. The summed E-state index contributed by atoms with van der Waals surface area (Å²) in [4.78, 5) is 12.1. The van der Waals surface area contributed by atoms with Gasteiger partial charge in [0, 0.05) is 18.7 Å². The summed E-state index contributed by atoms with van der Waals surface area (Å²) in [6, 6.07) is 15.9. The van der Waals surface area contributed by atoms with Crippen molar-refractivity contribution in [1.82, 2.24) is 10.2 Å². The molecule has 2 aromatic carbocycles. The zero-order valence-electron chi connectivity index (χ0n) is 12.9. The molecular weight excluding hydrogens is 330 g/mol. The Kier molecular flexibility index (Phi) is 4.07. The minimum absolute atomic E-state index is 0.0123. The maximum atomic E-state index is 10.8. The first kappa shape index (κ1) is 16.1. The van der Waals surface area contributed by atoms with E-state index in [2.05, 4.69) is 5.32 Å². The summed E-state index contributed by atoms with van der Waals surface area (Å²) in [6.07, 6.45) is 0. The fraction of sp³-hybridized carbons (Fsp3) is 0.176. The summed E-state index contributed by atoms with van der Waals surface area (Å²) < 4.78 is 0. The van der Waals surface area contributed by atoms with Crippen molar-refractivity contribution in [2.75, 3.05) is 0 Å². The molecule has 2 N–H and O–H groups in total. The Hall–Kier alpha value is -2.73. The van der Waals surface area contributed by atoms with Crippen LogP contribution in [0.25, 0.3) is 0 Å². The maximum Gasteiger partial charge on any atom is 0.269 e. The van der Waals surface area contributed by atoms with E-state index in [1.165, 1.54) is 12.1 Å². The average Bonchev–Trinajstić information content (AvgIpc) is 2.80. The highest BCUT2D eigenvalue weighted by atomic mass is 35.5. The number of hydrogen-bond donors (Lipinski definition) is 2. The number of nitrogens with zero attached hydrogens (tertiary/aromatic N) is 2. The number of aliphatic hydroxyl groups is 1. The topological polar surface area (TPSA) is 78.6 Å². The van der Waals surface area contributed by atoms with Crippen LogP contribution in [-0.2, 0) is 12.2 Å². The predicted octanol–water partition coefficient (Wildman–Crippen LogP) is 3.80. The van der Waals surface area contributed by atoms with Crippen LogP contribution in [-0.4, -0.2) is 14.9 Å². The van der Waals surface area contributed by atoms with E-state index in [0.717, 1.165) is 11.1 Å². The summed E-state index contributed by atoms with van der Waals surface area (Å²) in [5.74, 6) is -0.0543. The van der Waals surface area contributed by atoms with Crippen LogP contribution in [0.2, 0.25) is 0 Å². The quantitative estimate of drug-likeness (QED) is 0.500. The SMILES string of the molecule is CC1(c2ccc([N+](=O)[O-])cc2)NC(Cl)=C(O)N1Cc1ccccc1. The highest BCUT2D eigenvalue weighted by Crippen LogP contribution is 2.38. The first-order valence-electron chi connectivity index (χ1n) is 7.35. The van der Waals surface area contributed by atoms with E-state index < -0.39 is 10.6 Å². The molecule has 1 aliphatic heterocycles. The predicted molar refractivity (Wildman–Crippen MR) is 91.1 cm³/mol. The lowest BCUT2D eigenvalue weighted by molar-refractivity contribution is -0.384. The van der Waals surface area contributed by atoms with Crippen LogP contribution in [0.1, 0.15) is 18.1 Å². The largest absolute Gasteiger partial charge is 0.492 e.